The van der Waals surface area contributed by atoms with E-state index in [-0.39, 0.29) is 30.6 Å². The van der Waals surface area contributed by atoms with Crippen LogP contribution in [0.25, 0.3) is 10.8 Å². The first-order chi connectivity index (χ1) is 8.95. The van der Waals surface area contributed by atoms with E-state index in [1.165, 1.54) is 4.57 Å². The summed E-state index contributed by atoms with van der Waals surface area (Å²) in [6, 6.07) is 5.16. The molecule has 6 heteroatoms. The minimum atomic E-state index is -0.0942. The molecule has 0 bridgehead atoms. The van der Waals surface area contributed by atoms with E-state index in [0.717, 1.165) is 0 Å². The molecule has 0 fully saturated rings. The van der Waals surface area contributed by atoms with Crippen LogP contribution in [0.1, 0.15) is 19.5 Å². The van der Waals surface area contributed by atoms with E-state index in [1.807, 2.05) is 13.8 Å². The van der Waals surface area contributed by atoms with Crippen molar-refractivity contribution < 1.29 is 4.74 Å². The second-order valence-corrected chi connectivity index (χ2v) is 5.14. The molecule has 0 atom stereocenters. The van der Waals surface area contributed by atoms with Crippen molar-refractivity contribution in [1.82, 2.24) is 4.57 Å². The number of aromatic nitrogens is 1. The summed E-state index contributed by atoms with van der Waals surface area (Å²) >= 11 is 6.02. The van der Waals surface area contributed by atoms with E-state index in [0.29, 0.717) is 27.2 Å². The molecule has 4 nitrogen and oxygen atoms in total. The third-order valence-corrected chi connectivity index (χ3v) is 3.21. The third-order valence-electron chi connectivity index (χ3n) is 2.98. The van der Waals surface area contributed by atoms with Crippen LogP contribution in [0.2, 0.25) is 5.02 Å². The Morgan fingerprint density at radius 1 is 1.35 bits per heavy atom. The van der Waals surface area contributed by atoms with Crippen molar-refractivity contribution in [3.8, 4) is 5.75 Å². The molecule has 2 rings (SSSR count). The summed E-state index contributed by atoms with van der Waals surface area (Å²) in [6.45, 7) is 4.10. The van der Waals surface area contributed by atoms with Gasteiger partial charge in [0.1, 0.15) is 5.75 Å². The molecule has 0 radical (unpaired) electrons. The fraction of sp³-hybridized carbons (Fsp3) is 0.357. The molecule has 110 valence electrons. The monoisotopic (exact) mass is 316 g/mol. The summed E-state index contributed by atoms with van der Waals surface area (Å²) in [7, 11) is 1.70. The maximum atomic E-state index is 12.3. The Kier molecular flexibility index (Phi) is 5.45. The topological polar surface area (TPSA) is 57.2 Å². The molecule has 0 spiro atoms. The van der Waals surface area contributed by atoms with E-state index in [1.54, 1.807) is 25.2 Å². The first-order valence-electron chi connectivity index (χ1n) is 6.13. The molecule has 2 aromatic rings. The summed E-state index contributed by atoms with van der Waals surface area (Å²) < 4.78 is 7.38. The highest BCUT2D eigenvalue weighted by Crippen LogP contribution is 2.30. The molecular formula is C14H18Cl2N2O2. The Hall–Kier alpha value is -1.23. The molecule has 0 aliphatic carbocycles. The zero-order valence-electron chi connectivity index (χ0n) is 11.6. The van der Waals surface area contributed by atoms with Gasteiger partial charge in [0, 0.05) is 24.0 Å². The quantitative estimate of drug-likeness (QED) is 0.947. The van der Waals surface area contributed by atoms with Crippen molar-refractivity contribution in [3.05, 3.63) is 39.3 Å². The van der Waals surface area contributed by atoms with Crippen molar-refractivity contribution in [3.63, 3.8) is 0 Å². The molecule has 1 aromatic carbocycles. The van der Waals surface area contributed by atoms with Crippen molar-refractivity contribution in [1.29, 1.82) is 0 Å². The van der Waals surface area contributed by atoms with Crippen LogP contribution >= 0.6 is 24.0 Å². The highest BCUT2D eigenvalue weighted by atomic mass is 35.5. The van der Waals surface area contributed by atoms with Crippen LogP contribution in [0.15, 0.2) is 23.0 Å². The number of halogens is 2. The fourth-order valence-electron chi connectivity index (χ4n) is 2.10. The van der Waals surface area contributed by atoms with Gasteiger partial charge >= 0.3 is 0 Å². The zero-order valence-corrected chi connectivity index (χ0v) is 13.2. The average Bonchev–Trinajstić information content (AvgIpc) is 2.35. The van der Waals surface area contributed by atoms with Gasteiger partial charge in [0.05, 0.1) is 17.2 Å². The summed E-state index contributed by atoms with van der Waals surface area (Å²) in [5.41, 5.74) is 6.33. The predicted octanol–water partition coefficient (Wildman–Crippen LogP) is 2.86. The lowest BCUT2D eigenvalue weighted by Crippen LogP contribution is -2.24. The van der Waals surface area contributed by atoms with Crippen LogP contribution in [-0.4, -0.2) is 10.7 Å². The molecule has 1 heterocycles. The van der Waals surface area contributed by atoms with Gasteiger partial charge < -0.3 is 15.0 Å². The van der Waals surface area contributed by atoms with Gasteiger partial charge in [-0.05, 0) is 32.0 Å². The molecule has 0 saturated carbocycles. The number of pyridine rings is 1. The minimum absolute atomic E-state index is 0. The lowest BCUT2D eigenvalue weighted by Gasteiger charge is -2.18. The van der Waals surface area contributed by atoms with Gasteiger partial charge in [-0.3, -0.25) is 4.79 Å². The summed E-state index contributed by atoms with van der Waals surface area (Å²) in [6.07, 6.45) is -0.00927. The number of rotatable bonds is 3. The molecule has 0 amide bonds. The summed E-state index contributed by atoms with van der Waals surface area (Å²) in [5, 5.41) is 1.86. The van der Waals surface area contributed by atoms with Crippen LogP contribution in [0, 0.1) is 0 Å². The smallest absolute Gasteiger partial charge is 0.258 e. The maximum absolute atomic E-state index is 12.3. The lowest BCUT2D eigenvalue weighted by molar-refractivity contribution is 0.240. The van der Waals surface area contributed by atoms with Crippen LogP contribution in [0.5, 0.6) is 5.75 Å². The van der Waals surface area contributed by atoms with E-state index < -0.39 is 0 Å². The molecule has 1 aromatic heterocycles. The fourth-order valence-corrected chi connectivity index (χ4v) is 2.27. The Balaban J connectivity index is 0.00000200. The first-order valence-corrected chi connectivity index (χ1v) is 6.51. The SMILES string of the molecule is CC(C)Oc1c(CN)n(C)c(=O)c2ccc(Cl)cc12.Cl. The van der Waals surface area contributed by atoms with Crippen LogP contribution < -0.4 is 16.0 Å². The minimum Gasteiger partial charge on any atom is -0.488 e. The highest BCUT2D eigenvalue weighted by molar-refractivity contribution is 6.31. The Morgan fingerprint density at radius 3 is 2.55 bits per heavy atom. The van der Waals surface area contributed by atoms with Crippen molar-refractivity contribution in [2.24, 2.45) is 12.8 Å². The molecule has 0 unspecified atom stereocenters. The van der Waals surface area contributed by atoms with Crippen LogP contribution in [-0.2, 0) is 13.6 Å². The Labute approximate surface area is 128 Å². The zero-order chi connectivity index (χ0) is 14.2. The van der Waals surface area contributed by atoms with E-state index in [4.69, 9.17) is 22.1 Å². The normalized spacial score (nSPS) is 10.7. The van der Waals surface area contributed by atoms with Crippen LogP contribution in [0.4, 0.5) is 0 Å². The Bertz CT molecular complexity index is 681. The molecular weight excluding hydrogens is 299 g/mol. The number of nitrogens with two attached hydrogens (primary N) is 1. The molecule has 20 heavy (non-hydrogen) atoms. The maximum Gasteiger partial charge on any atom is 0.258 e. The van der Waals surface area contributed by atoms with E-state index in [9.17, 15) is 4.79 Å². The van der Waals surface area contributed by atoms with Gasteiger partial charge in [0.15, 0.2) is 0 Å². The van der Waals surface area contributed by atoms with Crippen molar-refractivity contribution >= 4 is 34.8 Å². The standard InChI is InChI=1S/C14H17ClN2O2.ClH/c1-8(2)19-13-11-6-9(15)4-5-10(11)14(18)17(3)12(13)7-16;/h4-6,8H,7,16H2,1-3H3;1H. The second kappa shape index (κ2) is 6.48. The molecule has 0 saturated heterocycles. The van der Waals surface area contributed by atoms with Gasteiger partial charge in [-0.15, -0.1) is 12.4 Å². The molecule has 0 aliphatic heterocycles. The number of nitrogens with zero attached hydrogens (tertiary/aromatic N) is 1. The number of fused-ring (bicyclic) bond motifs is 1. The third kappa shape index (κ3) is 2.92. The summed E-state index contributed by atoms with van der Waals surface area (Å²) in [4.78, 5) is 12.3. The van der Waals surface area contributed by atoms with Crippen molar-refractivity contribution in [2.45, 2.75) is 26.5 Å². The van der Waals surface area contributed by atoms with Crippen molar-refractivity contribution in [2.75, 3.05) is 0 Å². The van der Waals surface area contributed by atoms with Gasteiger partial charge in [-0.25, -0.2) is 0 Å². The van der Waals surface area contributed by atoms with Crippen LogP contribution in [0.3, 0.4) is 0 Å². The second-order valence-electron chi connectivity index (χ2n) is 4.70. The van der Waals surface area contributed by atoms with E-state index in [2.05, 4.69) is 0 Å². The molecule has 2 N–H and O–H groups in total. The highest BCUT2D eigenvalue weighted by Gasteiger charge is 2.16. The van der Waals surface area contributed by atoms with Gasteiger partial charge in [-0.2, -0.15) is 0 Å². The van der Waals surface area contributed by atoms with E-state index >= 15 is 0 Å². The largest absolute Gasteiger partial charge is 0.488 e. The number of ether oxygens (including phenoxy) is 1. The number of hydrogen-bond donors (Lipinski definition) is 1. The lowest BCUT2D eigenvalue weighted by atomic mass is 10.1. The predicted molar refractivity (Wildman–Crippen MR) is 85.1 cm³/mol. The van der Waals surface area contributed by atoms with Gasteiger partial charge in [-0.1, -0.05) is 11.6 Å². The van der Waals surface area contributed by atoms with Gasteiger partial charge in [0.2, 0.25) is 0 Å². The van der Waals surface area contributed by atoms with Gasteiger partial charge in [0.25, 0.3) is 5.56 Å². The number of benzene rings is 1. The number of hydrogen-bond acceptors (Lipinski definition) is 3. The Morgan fingerprint density at radius 2 is 2.00 bits per heavy atom. The summed E-state index contributed by atoms with van der Waals surface area (Å²) in [5.74, 6) is 0.636. The molecule has 0 aliphatic rings. The average molecular weight is 317 g/mol. The first kappa shape index (κ1) is 16.8.